The van der Waals surface area contributed by atoms with Crippen molar-refractivity contribution in [3.8, 4) is 17.3 Å². The second-order valence-electron chi connectivity index (χ2n) is 3.38. The van der Waals surface area contributed by atoms with Gasteiger partial charge in [-0.15, -0.1) is 0 Å². The summed E-state index contributed by atoms with van der Waals surface area (Å²) in [6, 6.07) is 1.36. The van der Waals surface area contributed by atoms with Gasteiger partial charge in [0.25, 0.3) is 5.56 Å². The fourth-order valence-corrected chi connectivity index (χ4v) is 1.64. The summed E-state index contributed by atoms with van der Waals surface area (Å²) >= 11 is 0. The number of methoxy groups -OCH3 is 1. The number of aromatic nitrogens is 4. The van der Waals surface area contributed by atoms with Crippen LogP contribution in [0.25, 0.3) is 11.4 Å². The van der Waals surface area contributed by atoms with Crippen molar-refractivity contribution in [1.82, 2.24) is 19.7 Å². The third kappa shape index (κ3) is 1.58. The van der Waals surface area contributed by atoms with Crippen LogP contribution in [0.4, 0.5) is 0 Å². The summed E-state index contributed by atoms with van der Waals surface area (Å²) in [5.74, 6) is 1.04. The number of hydrogen-bond acceptors (Lipinski definition) is 4. The molecular weight excluding hydrogens is 208 g/mol. The van der Waals surface area contributed by atoms with Crippen molar-refractivity contribution >= 4 is 0 Å². The molecule has 0 saturated heterocycles. The maximum absolute atomic E-state index is 11.2. The van der Waals surface area contributed by atoms with Gasteiger partial charge in [0.15, 0.2) is 0 Å². The average Bonchev–Trinajstić information content (AvgIpc) is 2.52. The summed E-state index contributed by atoms with van der Waals surface area (Å²) in [5.41, 5.74) is 1.27. The molecule has 16 heavy (non-hydrogen) atoms. The van der Waals surface area contributed by atoms with Gasteiger partial charge in [-0.3, -0.25) is 4.79 Å². The molecule has 0 atom stereocenters. The second-order valence-corrected chi connectivity index (χ2v) is 3.38. The molecule has 2 aromatic heterocycles. The van der Waals surface area contributed by atoms with Gasteiger partial charge in [-0.25, -0.2) is 9.67 Å². The SMILES string of the molecule is COc1c(-c2nccc(=O)[nH]2)c(C)nn1C. The smallest absolute Gasteiger partial charge is 0.251 e. The van der Waals surface area contributed by atoms with E-state index in [1.54, 1.807) is 18.8 Å². The molecule has 2 heterocycles. The van der Waals surface area contributed by atoms with Gasteiger partial charge in [-0.2, -0.15) is 5.10 Å². The van der Waals surface area contributed by atoms with Gasteiger partial charge >= 0.3 is 0 Å². The summed E-state index contributed by atoms with van der Waals surface area (Å²) in [5, 5.41) is 4.22. The molecule has 0 radical (unpaired) electrons. The topological polar surface area (TPSA) is 72.8 Å². The average molecular weight is 220 g/mol. The molecule has 2 rings (SSSR count). The van der Waals surface area contributed by atoms with Gasteiger partial charge in [0.1, 0.15) is 11.4 Å². The van der Waals surface area contributed by atoms with E-state index in [1.165, 1.54) is 12.3 Å². The molecule has 0 aromatic carbocycles. The summed E-state index contributed by atoms with van der Waals surface area (Å²) in [6.07, 6.45) is 1.46. The Morgan fingerprint density at radius 1 is 1.50 bits per heavy atom. The van der Waals surface area contributed by atoms with Crippen LogP contribution in [0, 0.1) is 6.92 Å². The Morgan fingerprint density at radius 2 is 2.25 bits per heavy atom. The minimum absolute atomic E-state index is 0.199. The monoisotopic (exact) mass is 220 g/mol. The van der Waals surface area contributed by atoms with Crippen molar-refractivity contribution in [2.45, 2.75) is 6.92 Å². The summed E-state index contributed by atoms with van der Waals surface area (Å²) in [4.78, 5) is 18.0. The zero-order chi connectivity index (χ0) is 11.7. The molecule has 0 spiro atoms. The van der Waals surface area contributed by atoms with Crippen molar-refractivity contribution in [3.63, 3.8) is 0 Å². The number of rotatable bonds is 2. The van der Waals surface area contributed by atoms with Crippen molar-refractivity contribution < 1.29 is 4.74 Å². The normalized spacial score (nSPS) is 10.4. The Kier molecular flexibility index (Phi) is 2.47. The van der Waals surface area contributed by atoms with E-state index in [9.17, 15) is 4.79 Å². The van der Waals surface area contributed by atoms with Crippen LogP contribution in [0.15, 0.2) is 17.1 Å². The van der Waals surface area contributed by atoms with Crippen LogP contribution in [0.2, 0.25) is 0 Å². The lowest BCUT2D eigenvalue weighted by molar-refractivity contribution is 0.374. The van der Waals surface area contributed by atoms with Crippen molar-refractivity contribution in [3.05, 3.63) is 28.3 Å². The largest absolute Gasteiger partial charge is 0.481 e. The first-order chi connectivity index (χ1) is 7.63. The van der Waals surface area contributed by atoms with E-state index in [1.807, 2.05) is 6.92 Å². The summed E-state index contributed by atoms with van der Waals surface area (Å²) in [7, 11) is 3.33. The van der Waals surface area contributed by atoms with Crippen LogP contribution >= 0.6 is 0 Å². The van der Waals surface area contributed by atoms with Crippen LogP contribution in [0.3, 0.4) is 0 Å². The number of aromatic amines is 1. The summed E-state index contributed by atoms with van der Waals surface area (Å²) < 4.78 is 6.84. The molecule has 0 aliphatic carbocycles. The van der Waals surface area contributed by atoms with E-state index in [4.69, 9.17) is 4.74 Å². The van der Waals surface area contributed by atoms with E-state index < -0.39 is 0 Å². The highest BCUT2D eigenvalue weighted by molar-refractivity contribution is 5.64. The first-order valence-corrected chi connectivity index (χ1v) is 4.76. The number of nitrogens with zero attached hydrogens (tertiary/aromatic N) is 3. The predicted molar refractivity (Wildman–Crippen MR) is 58.3 cm³/mol. The Balaban J connectivity index is 2.68. The molecule has 0 unspecified atom stereocenters. The number of hydrogen-bond donors (Lipinski definition) is 1. The van der Waals surface area contributed by atoms with Crippen LogP contribution in [-0.4, -0.2) is 26.9 Å². The highest BCUT2D eigenvalue weighted by atomic mass is 16.5. The number of H-pyrrole nitrogens is 1. The highest BCUT2D eigenvalue weighted by Gasteiger charge is 2.17. The lowest BCUT2D eigenvalue weighted by Crippen LogP contribution is -2.06. The third-order valence-electron chi connectivity index (χ3n) is 2.27. The zero-order valence-corrected chi connectivity index (χ0v) is 9.31. The molecule has 0 aliphatic heterocycles. The molecule has 6 heteroatoms. The van der Waals surface area contributed by atoms with Crippen LogP contribution in [0.5, 0.6) is 5.88 Å². The molecule has 0 fully saturated rings. The van der Waals surface area contributed by atoms with Crippen molar-refractivity contribution in [1.29, 1.82) is 0 Å². The van der Waals surface area contributed by atoms with E-state index in [-0.39, 0.29) is 5.56 Å². The minimum Gasteiger partial charge on any atom is -0.481 e. The lowest BCUT2D eigenvalue weighted by atomic mass is 10.2. The maximum Gasteiger partial charge on any atom is 0.251 e. The molecular formula is C10H12N4O2. The molecule has 84 valence electrons. The highest BCUT2D eigenvalue weighted by Crippen LogP contribution is 2.28. The fraction of sp³-hybridized carbons (Fsp3) is 0.300. The van der Waals surface area contributed by atoms with Crippen LogP contribution < -0.4 is 10.3 Å². The molecule has 0 aliphatic rings. The number of ether oxygens (including phenoxy) is 1. The predicted octanol–water partition coefficient (Wildman–Crippen LogP) is 0.487. The minimum atomic E-state index is -0.199. The van der Waals surface area contributed by atoms with Gasteiger partial charge in [-0.05, 0) is 6.92 Å². The fourth-order valence-electron chi connectivity index (χ4n) is 1.64. The van der Waals surface area contributed by atoms with E-state index in [2.05, 4.69) is 15.1 Å². The quantitative estimate of drug-likeness (QED) is 0.799. The Labute approximate surface area is 91.9 Å². The lowest BCUT2D eigenvalue weighted by Gasteiger charge is -2.03. The zero-order valence-electron chi connectivity index (χ0n) is 9.31. The van der Waals surface area contributed by atoms with Crippen LogP contribution in [-0.2, 0) is 7.05 Å². The standard InChI is InChI=1S/C10H12N4O2/c1-6-8(10(16-3)14(2)13-6)9-11-5-4-7(15)12-9/h4-5H,1-3H3,(H,11,12,15). The number of nitrogens with one attached hydrogen (secondary N) is 1. The molecule has 0 saturated carbocycles. The molecule has 2 aromatic rings. The molecule has 6 nitrogen and oxygen atoms in total. The summed E-state index contributed by atoms with van der Waals surface area (Å²) in [6.45, 7) is 1.84. The molecule has 1 N–H and O–H groups in total. The van der Waals surface area contributed by atoms with Gasteiger partial charge in [-0.1, -0.05) is 0 Å². The van der Waals surface area contributed by atoms with Gasteiger partial charge < -0.3 is 9.72 Å². The van der Waals surface area contributed by atoms with Crippen molar-refractivity contribution in [2.75, 3.05) is 7.11 Å². The third-order valence-corrected chi connectivity index (χ3v) is 2.27. The maximum atomic E-state index is 11.2. The Bertz CT molecular complexity index is 570. The van der Waals surface area contributed by atoms with E-state index in [0.29, 0.717) is 17.3 Å². The van der Waals surface area contributed by atoms with Crippen molar-refractivity contribution in [2.24, 2.45) is 7.05 Å². The second kappa shape index (κ2) is 3.80. The Hall–Kier alpha value is -2.11. The van der Waals surface area contributed by atoms with E-state index >= 15 is 0 Å². The van der Waals surface area contributed by atoms with Gasteiger partial charge in [0.05, 0.1) is 12.8 Å². The molecule has 0 amide bonds. The first-order valence-electron chi connectivity index (χ1n) is 4.76. The van der Waals surface area contributed by atoms with Crippen LogP contribution in [0.1, 0.15) is 5.69 Å². The van der Waals surface area contributed by atoms with Gasteiger partial charge in [0.2, 0.25) is 5.88 Å². The van der Waals surface area contributed by atoms with E-state index in [0.717, 1.165) is 5.69 Å². The Morgan fingerprint density at radius 3 is 2.88 bits per heavy atom. The van der Waals surface area contributed by atoms with Gasteiger partial charge in [0, 0.05) is 19.3 Å². The number of aryl methyl sites for hydroxylation is 2. The first kappa shape index (κ1) is 10.4. The molecule has 0 bridgehead atoms.